The van der Waals surface area contributed by atoms with Crippen LogP contribution < -0.4 is 11.1 Å². The number of nitrogens with one attached hydrogen (secondary N) is 1. The first-order valence-electron chi connectivity index (χ1n) is 8.89. The molecule has 0 radical (unpaired) electrons. The number of Topliss-reactive ketones (excluding diaryl/α,β-unsaturated/α-hetero) is 3. The van der Waals surface area contributed by atoms with E-state index in [1.165, 1.54) is 39.4 Å². The molecule has 2 heterocycles. The monoisotopic (exact) mass is 502 g/mol. The lowest BCUT2D eigenvalue weighted by Crippen LogP contribution is -2.32. The molecule has 0 spiro atoms. The molecule has 0 saturated heterocycles. The van der Waals surface area contributed by atoms with Crippen molar-refractivity contribution >= 4 is 46.5 Å². The Labute approximate surface area is 204 Å². The Morgan fingerprint density at radius 1 is 0.758 bits per heavy atom. The molecule has 0 aliphatic carbocycles. The van der Waals surface area contributed by atoms with Gasteiger partial charge in [-0.05, 0) is 13.8 Å². The highest BCUT2D eigenvalue weighted by atomic mass is 35.5. The molecule has 2 atom stereocenters. The number of aromatic nitrogens is 4. The van der Waals surface area contributed by atoms with E-state index in [0.29, 0.717) is 16.5 Å². The van der Waals surface area contributed by atoms with Crippen molar-refractivity contribution in [3.8, 4) is 0 Å². The smallest absolute Gasteiger partial charge is 0.287 e. The van der Waals surface area contributed by atoms with E-state index in [-0.39, 0.29) is 37.6 Å². The van der Waals surface area contributed by atoms with E-state index < -0.39 is 17.7 Å². The number of hydrogen-bond acceptors (Lipinski definition) is 9. The molecule has 0 aliphatic rings. The zero-order valence-electron chi connectivity index (χ0n) is 17.7. The molecule has 0 saturated carbocycles. The van der Waals surface area contributed by atoms with E-state index in [4.69, 9.17) is 28.9 Å². The van der Waals surface area contributed by atoms with Crippen molar-refractivity contribution in [3.63, 3.8) is 0 Å². The Morgan fingerprint density at radius 3 is 1.39 bits per heavy atom. The number of carbonyl (C=O) groups is 4. The number of carbonyl (C=O) groups excluding carboxylic acids is 4. The Hall–Kier alpha value is -2.82. The Kier molecular flexibility index (Phi) is 18.7. The fourth-order valence-electron chi connectivity index (χ4n) is 1.63. The summed E-state index contributed by atoms with van der Waals surface area (Å²) in [6.07, 6.45) is 6.03. The second kappa shape index (κ2) is 17.7. The maximum absolute atomic E-state index is 11.1. The lowest BCUT2D eigenvalue weighted by atomic mass is 10.2. The molecular weight excluding hydrogens is 471 g/mol. The zero-order chi connectivity index (χ0) is 24.1. The van der Waals surface area contributed by atoms with Crippen LogP contribution >= 0.6 is 23.2 Å². The van der Waals surface area contributed by atoms with Crippen LogP contribution in [-0.2, 0) is 19.2 Å². The molecule has 0 aromatic carbocycles. The molecule has 0 bridgehead atoms. The summed E-state index contributed by atoms with van der Waals surface area (Å²) in [6.45, 7) is 7.19. The van der Waals surface area contributed by atoms with Gasteiger partial charge in [0.25, 0.3) is 5.91 Å². The van der Waals surface area contributed by atoms with E-state index in [1.807, 2.05) is 6.92 Å². The average Bonchev–Trinajstić information content (AvgIpc) is 2.69. The fraction of sp³-hybridized carbons (Fsp3) is 0.429. The predicted molar refractivity (Wildman–Crippen MR) is 129 cm³/mol. The van der Waals surface area contributed by atoms with Gasteiger partial charge in [0.1, 0.15) is 0 Å². The van der Waals surface area contributed by atoms with Crippen molar-refractivity contribution in [2.45, 2.75) is 61.6 Å². The number of nitrogens with zero attached hydrogens (tertiary/aromatic N) is 4. The fourth-order valence-corrected chi connectivity index (χ4v) is 2.17. The topological polar surface area (TPSA) is 158 Å². The summed E-state index contributed by atoms with van der Waals surface area (Å²) in [5, 5.41) is 3.06. The molecule has 0 fully saturated rings. The molecule has 2 rings (SSSR count). The normalized spacial score (nSPS) is 10.8. The van der Waals surface area contributed by atoms with Crippen LogP contribution in [0.15, 0.2) is 24.8 Å². The van der Waals surface area contributed by atoms with E-state index in [0.717, 1.165) is 0 Å². The van der Waals surface area contributed by atoms with Crippen LogP contribution in [0.4, 0.5) is 0 Å². The molecule has 33 heavy (non-hydrogen) atoms. The standard InChI is InChI=1S/C9H10ClN3O2.C6H8ClN3.C4H6O2.2CH4/c1-5(13-9(15)6(2)14)7-8(10)12-4-3-11-7;1-4(8)5-6(7)10-3-2-9-5;1-3(5)4(2)6;;/h3-5H,1-2H3,(H,13,15);2-4H,8H2,1H3;1-2H3;2*1H4. The summed E-state index contributed by atoms with van der Waals surface area (Å²) < 4.78 is 0. The first-order chi connectivity index (χ1) is 14.4. The largest absolute Gasteiger partial charge is 0.341 e. The third-order valence-electron chi connectivity index (χ3n) is 3.36. The van der Waals surface area contributed by atoms with Crippen molar-refractivity contribution in [1.82, 2.24) is 25.3 Å². The second-order valence-electron chi connectivity index (χ2n) is 6.12. The van der Waals surface area contributed by atoms with Crippen LogP contribution in [0, 0.1) is 0 Å². The molecule has 2 unspecified atom stereocenters. The first-order valence-corrected chi connectivity index (χ1v) is 9.65. The zero-order valence-corrected chi connectivity index (χ0v) is 19.2. The van der Waals surface area contributed by atoms with Gasteiger partial charge in [0.05, 0.1) is 17.4 Å². The highest BCUT2D eigenvalue weighted by Crippen LogP contribution is 2.16. The maximum Gasteiger partial charge on any atom is 0.287 e. The molecular formula is C21H32Cl2N6O4. The highest BCUT2D eigenvalue weighted by Gasteiger charge is 2.16. The third kappa shape index (κ3) is 14.0. The van der Waals surface area contributed by atoms with Crippen molar-refractivity contribution in [2.24, 2.45) is 5.73 Å². The minimum absolute atomic E-state index is 0. The van der Waals surface area contributed by atoms with Gasteiger partial charge < -0.3 is 11.1 Å². The van der Waals surface area contributed by atoms with Gasteiger partial charge in [-0.25, -0.2) is 9.97 Å². The van der Waals surface area contributed by atoms with Gasteiger partial charge in [0, 0.05) is 51.6 Å². The van der Waals surface area contributed by atoms with E-state index >= 15 is 0 Å². The van der Waals surface area contributed by atoms with Crippen LogP contribution in [-0.4, -0.2) is 43.2 Å². The summed E-state index contributed by atoms with van der Waals surface area (Å²) >= 11 is 11.4. The minimum atomic E-state index is -0.663. The Balaban J connectivity index is -0.000000436. The Morgan fingerprint density at radius 2 is 1.12 bits per heavy atom. The van der Waals surface area contributed by atoms with Crippen molar-refractivity contribution in [3.05, 3.63) is 46.5 Å². The second-order valence-corrected chi connectivity index (χ2v) is 6.83. The molecule has 10 nitrogen and oxygen atoms in total. The van der Waals surface area contributed by atoms with Crippen molar-refractivity contribution in [1.29, 1.82) is 0 Å². The van der Waals surface area contributed by atoms with Crippen LogP contribution in [0.25, 0.3) is 0 Å². The van der Waals surface area contributed by atoms with Gasteiger partial charge in [-0.15, -0.1) is 0 Å². The Bertz CT molecular complexity index is 913. The van der Waals surface area contributed by atoms with Gasteiger partial charge in [0.2, 0.25) is 5.78 Å². The molecule has 184 valence electrons. The number of hydrogen-bond donors (Lipinski definition) is 2. The number of amides is 1. The highest BCUT2D eigenvalue weighted by molar-refractivity contribution is 6.35. The minimum Gasteiger partial charge on any atom is -0.341 e. The number of nitrogens with two attached hydrogens (primary N) is 1. The lowest BCUT2D eigenvalue weighted by Gasteiger charge is -2.12. The number of ketones is 3. The van der Waals surface area contributed by atoms with Crippen LogP contribution in [0.2, 0.25) is 10.3 Å². The summed E-state index contributed by atoms with van der Waals surface area (Å²) in [4.78, 5) is 57.0. The molecule has 3 N–H and O–H groups in total. The van der Waals surface area contributed by atoms with Crippen molar-refractivity contribution < 1.29 is 19.2 Å². The molecule has 12 heteroatoms. The lowest BCUT2D eigenvalue weighted by molar-refractivity contribution is -0.137. The molecule has 2 aromatic rings. The van der Waals surface area contributed by atoms with Crippen LogP contribution in [0.5, 0.6) is 0 Å². The molecule has 0 aliphatic heterocycles. The van der Waals surface area contributed by atoms with Gasteiger partial charge in [0.15, 0.2) is 21.9 Å². The third-order valence-corrected chi connectivity index (χ3v) is 3.95. The molecule has 1 amide bonds. The van der Waals surface area contributed by atoms with E-state index in [9.17, 15) is 19.2 Å². The van der Waals surface area contributed by atoms with Gasteiger partial charge in [-0.3, -0.25) is 29.1 Å². The number of rotatable bonds is 5. The quantitative estimate of drug-likeness (QED) is 0.583. The first kappa shape index (κ1) is 34.8. The van der Waals surface area contributed by atoms with Gasteiger partial charge in [-0.1, -0.05) is 38.1 Å². The van der Waals surface area contributed by atoms with E-state index in [2.05, 4.69) is 25.3 Å². The average molecular weight is 503 g/mol. The SMILES string of the molecule is C.C.CC(=O)C(=O)NC(C)c1nccnc1Cl.CC(=O)C(C)=O.CC(N)c1nccnc1Cl. The van der Waals surface area contributed by atoms with E-state index in [1.54, 1.807) is 13.1 Å². The maximum atomic E-state index is 11.1. The summed E-state index contributed by atoms with van der Waals surface area (Å²) in [5.74, 6) is -1.98. The van der Waals surface area contributed by atoms with Crippen molar-refractivity contribution in [2.75, 3.05) is 0 Å². The van der Waals surface area contributed by atoms with Gasteiger partial charge >= 0.3 is 0 Å². The summed E-state index contributed by atoms with van der Waals surface area (Å²) in [5.41, 5.74) is 6.61. The predicted octanol–water partition coefficient (Wildman–Crippen LogP) is 3.48. The summed E-state index contributed by atoms with van der Waals surface area (Å²) in [6, 6.07) is -0.594. The van der Waals surface area contributed by atoms with Crippen LogP contribution in [0.3, 0.4) is 0 Å². The van der Waals surface area contributed by atoms with Crippen LogP contribution in [0.1, 0.15) is 72.9 Å². The van der Waals surface area contributed by atoms with Gasteiger partial charge in [-0.2, -0.15) is 0 Å². The number of halogens is 2. The summed E-state index contributed by atoms with van der Waals surface area (Å²) in [7, 11) is 0. The molecule has 2 aromatic heterocycles.